The van der Waals surface area contributed by atoms with Gasteiger partial charge < -0.3 is 4.74 Å². The Hall–Kier alpha value is -1.89. The Balaban J connectivity index is 2.31. The second kappa shape index (κ2) is 5.63. The van der Waals surface area contributed by atoms with Crippen LogP contribution in [0.5, 0.6) is 5.75 Å². The van der Waals surface area contributed by atoms with Crippen molar-refractivity contribution in [1.29, 1.82) is 0 Å². The number of halogens is 4. The molecule has 23 heavy (non-hydrogen) atoms. The molecule has 2 aromatic rings. The summed E-state index contributed by atoms with van der Waals surface area (Å²) in [5.41, 5.74) is -1.75. The highest BCUT2D eigenvalue weighted by atomic mass is 35.5. The van der Waals surface area contributed by atoms with Gasteiger partial charge in [0.05, 0.1) is 17.7 Å². The molecule has 124 valence electrons. The number of ether oxygens (including phenoxy) is 1. The van der Waals surface area contributed by atoms with E-state index in [0.29, 0.717) is 12.8 Å². The molecule has 0 aliphatic carbocycles. The largest absolute Gasteiger partial charge is 0.495 e. The van der Waals surface area contributed by atoms with Gasteiger partial charge in [0.15, 0.2) is 5.69 Å². The average molecular weight is 347 g/mol. The molecule has 0 unspecified atom stereocenters. The average Bonchev–Trinajstić information content (AvgIpc) is 2.81. The normalized spacial score (nSPS) is 14.7. The predicted molar refractivity (Wildman–Crippen MR) is 79.9 cm³/mol. The highest BCUT2D eigenvalue weighted by Crippen LogP contribution is 2.38. The molecule has 0 radical (unpaired) electrons. The summed E-state index contributed by atoms with van der Waals surface area (Å²) in [5, 5.41) is 0.272. The molecule has 0 atom stereocenters. The number of rotatable bonds is 2. The third kappa shape index (κ3) is 2.63. The van der Waals surface area contributed by atoms with E-state index in [2.05, 4.69) is 0 Å². The van der Waals surface area contributed by atoms with Crippen LogP contribution in [0.1, 0.15) is 18.5 Å². The van der Waals surface area contributed by atoms with Gasteiger partial charge in [0, 0.05) is 13.1 Å². The molecule has 0 saturated carbocycles. The van der Waals surface area contributed by atoms with E-state index in [-0.39, 0.29) is 35.0 Å². The molecule has 0 bridgehead atoms. The summed E-state index contributed by atoms with van der Waals surface area (Å²) in [6.07, 6.45) is -3.32. The van der Waals surface area contributed by atoms with Crippen LogP contribution in [0, 0.1) is 0 Å². The Morgan fingerprint density at radius 3 is 2.43 bits per heavy atom. The molecule has 4 nitrogen and oxygen atoms in total. The van der Waals surface area contributed by atoms with Crippen molar-refractivity contribution in [2.75, 3.05) is 7.11 Å². The van der Waals surface area contributed by atoms with Gasteiger partial charge in [-0.1, -0.05) is 17.7 Å². The molecule has 0 spiro atoms. The first-order chi connectivity index (χ1) is 10.8. The van der Waals surface area contributed by atoms with Crippen LogP contribution in [0.15, 0.2) is 23.0 Å². The summed E-state index contributed by atoms with van der Waals surface area (Å²) in [5.74, 6) is 0.228. The lowest BCUT2D eigenvalue weighted by Crippen LogP contribution is -2.28. The third-order valence-corrected chi connectivity index (χ3v) is 4.25. The van der Waals surface area contributed by atoms with Crippen LogP contribution < -0.4 is 10.3 Å². The lowest BCUT2D eigenvalue weighted by molar-refractivity contribution is -0.144. The highest BCUT2D eigenvalue weighted by Gasteiger charge is 2.41. The minimum atomic E-state index is -4.62. The molecule has 2 heterocycles. The first kappa shape index (κ1) is 16.0. The summed E-state index contributed by atoms with van der Waals surface area (Å²) in [7, 11) is 1.37. The van der Waals surface area contributed by atoms with E-state index in [1.165, 1.54) is 30.0 Å². The zero-order chi connectivity index (χ0) is 16.8. The Labute approximate surface area is 135 Å². The monoisotopic (exact) mass is 346 g/mol. The van der Waals surface area contributed by atoms with E-state index in [1.54, 1.807) is 0 Å². The van der Waals surface area contributed by atoms with Crippen LogP contribution >= 0.6 is 11.6 Å². The lowest BCUT2D eigenvalue weighted by Gasteiger charge is -2.20. The zero-order valence-electron chi connectivity index (χ0n) is 12.3. The van der Waals surface area contributed by atoms with Crippen molar-refractivity contribution in [3.8, 4) is 16.9 Å². The number of hydrogen-bond donors (Lipinski definition) is 0. The number of nitrogens with zero attached hydrogens (tertiary/aromatic N) is 2. The zero-order valence-corrected chi connectivity index (χ0v) is 13.0. The van der Waals surface area contributed by atoms with E-state index in [1.807, 2.05) is 0 Å². The molecule has 1 aliphatic rings. The van der Waals surface area contributed by atoms with Crippen LogP contribution in [0.3, 0.4) is 0 Å². The Bertz CT molecular complexity index is 808. The second-order valence-electron chi connectivity index (χ2n) is 5.33. The molecule has 0 amide bonds. The first-order valence-corrected chi connectivity index (χ1v) is 7.47. The van der Waals surface area contributed by atoms with E-state index in [9.17, 15) is 18.0 Å². The molecule has 1 aliphatic heterocycles. The molecule has 1 aromatic carbocycles. The molecule has 8 heteroatoms. The maximum Gasteiger partial charge on any atom is 0.433 e. The van der Waals surface area contributed by atoms with Gasteiger partial charge in [-0.25, -0.2) is 4.68 Å². The van der Waals surface area contributed by atoms with Crippen molar-refractivity contribution in [2.45, 2.75) is 32.1 Å². The number of aromatic nitrogens is 2. The fourth-order valence-corrected chi connectivity index (χ4v) is 3.13. The van der Waals surface area contributed by atoms with E-state index in [0.717, 1.165) is 4.68 Å². The van der Waals surface area contributed by atoms with Gasteiger partial charge >= 0.3 is 6.18 Å². The molecule has 0 N–H and O–H groups in total. The number of benzene rings is 1. The molecule has 0 fully saturated rings. The first-order valence-electron chi connectivity index (χ1n) is 7.09. The molecular weight excluding hydrogens is 333 g/mol. The third-order valence-electron chi connectivity index (χ3n) is 3.93. The maximum atomic E-state index is 13.6. The predicted octanol–water partition coefficient (Wildman–Crippen LogP) is 3.79. The van der Waals surface area contributed by atoms with Gasteiger partial charge in [0.25, 0.3) is 5.56 Å². The van der Waals surface area contributed by atoms with Gasteiger partial charge in [-0.3, -0.25) is 9.48 Å². The quantitative estimate of drug-likeness (QED) is 0.829. The molecule has 3 rings (SSSR count). The summed E-state index contributed by atoms with van der Waals surface area (Å²) < 4.78 is 48.0. The van der Waals surface area contributed by atoms with Gasteiger partial charge in [-0.15, -0.1) is 0 Å². The van der Waals surface area contributed by atoms with E-state index in [4.69, 9.17) is 16.3 Å². The number of fused-ring (bicyclic) bond motifs is 1. The summed E-state index contributed by atoms with van der Waals surface area (Å²) in [6.45, 7) is 0.460. The summed E-state index contributed by atoms with van der Waals surface area (Å²) >= 11 is 5.92. The number of methoxy groups -OCH3 is 1. The van der Waals surface area contributed by atoms with Crippen molar-refractivity contribution in [1.82, 2.24) is 9.36 Å². The van der Waals surface area contributed by atoms with Crippen LogP contribution in [0.25, 0.3) is 11.1 Å². The highest BCUT2D eigenvalue weighted by molar-refractivity contribution is 6.32. The van der Waals surface area contributed by atoms with Crippen molar-refractivity contribution in [3.05, 3.63) is 39.3 Å². The van der Waals surface area contributed by atoms with E-state index < -0.39 is 17.4 Å². The minimum absolute atomic E-state index is 0.151. The van der Waals surface area contributed by atoms with Crippen molar-refractivity contribution < 1.29 is 17.9 Å². The standard InChI is InChI=1S/C15H14ClF3N2O2/c1-23-11-8-9(4-5-10(11)16)12-13(15(17,18)19)20-6-2-3-7-21(20)14(12)22/h4-5,8H,2-3,6-7H2,1H3. The Morgan fingerprint density at radius 2 is 1.83 bits per heavy atom. The molecule has 0 saturated heterocycles. The van der Waals surface area contributed by atoms with Gasteiger partial charge in [-0.05, 0) is 30.5 Å². The lowest BCUT2D eigenvalue weighted by atomic mass is 10.1. The van der Waals surface area contributed by atoms with Crippen LogP contribution in [0.2, 0.25) is 5.02 Å². The fraction of sp³-hybridized carbons (Fsp3) is 0.400. The van der Waals surface area contributed by atoms with Crippen LogP contribution in [0.4, 0.5) is 13.2 Å². The maximum absolute atomic E-state index is 13.6. The molecular formula is C15H14ClF3N2O2. The minimum Gasteiger partial charge on any atom is -0.495 e. The topological polar surface area (TPSA) is 36.2 Å². The van der Waals surface area contributed by atoms with Crippen molar-refractivity contribution in [2.24, 2.45) is 0 Å². The number of hydrogen-bond acceptors (Lipinski definition) is 2. The van der Waals surface area contributed by atoms with Crippen molar-refractivity contribution >= 4 is 11.6 Å². The summed E-state index contributed by atoms with van der Waals surface area (Å²) in [6, 6.07) is 4.20. The van der Waals surface area contributed by atoms with Gasteiger partial charge in [-0.2, -0.15) is 13.2 Å². The number of alkyl halides is 3. The second-order valence-corrected chi connectivity index (χ2v) is 5.74. The fourth-order valence-electron chi connectivity index (χ4n) is 2.93. The van der Waals surface area contributed by atoms with Gasteiger partial charge in [0.2, 0.25) is 0 Å². The van der Waals surface area contributed by atoms with Crippen LogP contribution in [-0.4, -0.2) is 16.5 Å². The van der Waals surface area contributed by atoms with E-state index >= 15 is 0 Å². The van der Waals surface area contributed by atoms with Gasteiger partial charge in [0.1, 0.15) is 5.75 Å². The SMILES string of the molecule is COc1cc(-c2c(C(F)(F)F)n3n(c2=O)CCCC3)ccc1Cl. The Morgan fingerprint density at radius 1 is 1.17 bits per heavy atom. The Kier molecular flexibility index (Phi) is 3.91. The summed E-state index contributed by atoms with van der Waals surface area (Å²) in [4.78, 5) is 12.5. The van der Waals surface area contributed by atoms with Crippen LogP contribution in [-0.2, 0) is 19.3 Å². The smallest absolute Gasteiger partial charge is 0.433 e. The molecule has 1 aromatic heterocycles. The van der Waals surface area contributed by atoms with Crippen molar-refractivity contribution in [3.63, 3.8) is 0 Å².